The van der Waals surface area contributed by atoms with Gasteiger partial charge in [-0.2, -0.15) is 0 Å². The smallest absolute Gasteiger partial charge is 0.324 e. The van der Waals surface area contributed by atoms with Gasteiger partial charge >= 0.3 is 5.97 Å². The zero-order chi connectivity index (χ0) is 14.8. The van der Waals surface area contributed by atoms with Crippen molar-refractivity contribution in [3.8, 4) is 0 Å². The van der Waals surface area contributed by atoms with Crippen LogP contribution in [0.25, 0.3) is 0 Å². The quantitative estimate of drug-likeness (QED) is 0.705. The summed E-state index contributed by atoms with van der Waals surface area (Å²) in [5.74, 6) is -0.204. The lowest BCUT2D eigenvalue weighted by atomic mass is 10.2. The van der Waals surface area contributed by atoms with E-state index in [-0.39, 0.29) is 12.0 Å². The van der Waals surface area contributed by atoms with E-state index in [1.54, 1.807) is 0 Å². The van der Waals surface area contributed by atoms with Gasteiger partial charge in [-0.05, 0) is 25.1 Å². The highest BCUT2D eigenvalue weighted by Gasteiger charge is 2.21. The minimum absolute atomic E-state index is 0.204. The van der Waals surface area contributed by atoms with Crippen LogP contribution in [0.4, 0.5) is 5.69 Å². The zero-order valence-electron chi connectivity index (χ0n) is 12.8. The molecule has 112 valence electrons. The maximum absolute atomic E-state index is 11.8. The van der Waals surface area contributed by atoms with E-state index in [1.807, 2.05) is 25.1 Å². The minimum Gasteiger partial charge on any atom is -0.468 e. The molecule has 4 heteroatoms. The highest BCUT2D eigenvalue weighted by atomic mass is 16.5. The van der Waals surface area contributed by atoms with Crippen LogP contribution in [0.5, 0.6) is 0 Å². The van der Waals surface area contributed by atoms with E-state index >= 15 is 0 Å². The van der Waals surface area contributed by atoms with Gasteiger partial charge in [0.25, 0.3) is 0 Å². The highest BCUT2D eigenvalue weighted by Crippen LogP contribution is 2.15. The molecule has 0 aliphatic heterocycles. The largest absolute Gasteiger partial charge is 0.468 e. The molecule has 0 heterocycles. The van der Waals surface area contributed by atoms with Gasteiger partial charge < -0.3 is 15.0 Å². The number of nitrogens with zero attached hydrogens (tertiary/aromatic N) is 1. The molecular weight excluding hydrogens is 252 g/mol. The maximum Gasteiger partial charge on any atom is 0.324 e. The molecule has 0 aromatic heterocycles. The predicted octanol–water partition coefficient (Wildman–Crippen LogP) is 2.44. The monoisotopic (exact) mass is 278 g/mol. The van der Waals surface area contributed by atoms with Gasteiger partial charge in [0, 0.05) is 18.8 Å². The summed E-state index contributed by atoms with van der Waals surface area (Å²) < 4.78 is 4.88. The summed E-state index contributed by atoms with van der Waals surface area (Å²) in [6, 6.07) is 9.92. The number of methoxy groups -OCH3 is 1. The van der Waals surface area contributed by atoms with Crippen molar-refractivity contribution in [3.05, 3.63) is 30.3 Å². The van der Waals surface area contributed by atoms with E-state index in [0.29, 0.717) is 6.54 Å². The summed E-state index contributed by atoms with van der Waals surface area (Å²) in [5.41, 5.74) is 1.15. The first-order valence-corrected chi connectivity index (χ1v) is 7.34. The van der Waals surface area contributed by atoms with Crippen LogP contribution in [0.3, 0.4) is 0 Å². The third kappa shape index (κ3) is 5.21. The van der Waals surface area contributed by atoms with E-state index < -0.39 is 0 Å². The molecule has 0 spiro atoms. The number of hydrogen-bond acceptors (Lipinski definition) is 4. The first-order chi connectivity index (χ1) is 9.72. The van der Waals surface area contributed by atoms with Gasteiger partial charge in [0.05, 0.1) is 7.11 Å². The van der Waals surface area contributed by atoms with E-state index in [2.05, 4.69) is 29.3 Å². The molecule has 0 aliphatic carbocycles. The summed E-state index contributed by atoms with van der Waals surface area (Å²) in [6.45, 7) is 6.49. The fourth-order valence-corrected chi connectivity index (χ4v) is 2.15. The number of hydrogen-bond donors (Lipinski definition) is 1. The standard InChI is InChI=1S/C16H26N2O2/c1-4-6-12-18(14-10-8-7-9-11-14)13-15(17-5-2)16(19)20-3/h7-11,15,17H,4-6,12-13H2,1-3H3. The van der Waals surface area contributed by atoms with E-state index in [0.717, 1.165) is 31.6 Å². The van der Waals surface area contributed by atoms with Crippen LogP contribution in [0.15, 0.2) is 30.3 Å². The Hall–Kier alpha value is -1.55. The van der Waals surface area contributed by atoms with Gasteiger partial charge in [0.15, 0.2) is 0 Å². The molecule has 1 aromatic carbocycles. The second-order valence-electron chi connectivity index (χ2n) is 4.77. The molecule has 1 aromatic rings. The second-order valence-corrected chi connectivity index (χ2v) is 4.77. The number of ether oxygens (including phenoxy) is 1. The lowest BCUT2D eigenvalue weighted by molar-refractivity contribution is -0.142. The fourth-order valence-electron chi connectivity index (χ4n) is 2.15. The van der Waals surface area contributed by atoms with Gasteiger partial charge in [-0.1, -0.05) is 38.5 Å². The van der Waals surface area contributed by atoms with Crippen molar-refractivity contribution in [2.45, 2.75) is 32.7 Å². The predicted molar refractivity (Wildman–Crippen MR) is 83.0 cm³/mol. The number of rotatable bonds is 9. The van der Waals surface area contributed by atoms with Crippen LogP contribution in [-0.2, 0) is 9.53 Å². The van der Waals surface area contributed by atoms with Crippen molar-refractivity contribution < 1.29 is 9.53 Å². The fraction of sp³-hybridized carbons (Fsp3) is 0.562. The Morgan fingerprint density at radius 1 is 1.30 bits per heavy atom. The first-order valence-electron chi connectivity index (χ1n) is 7.34. The Kier molecular flexibility index (Phi) is 7.73. The first kappa shape index (κ1) is 16.5. The van der Waals surface area contributed by atoms with Crippen molar-refractivity contribution in [2.24, 2.45) is 0 Å². The number of esters is 1. The topological polar surface area (TPSA) is 41.6 Å². The summed E-state index contributed by atoms with van der Waals surface area (Å²) in [4.78, 5) is 14.1. The van der Waals surface area contributed by atoms with E-state index in [4.69, 9.17) is 4.74 Å². The lowest BCUT2D eigenvalue weighted by Gasteiger charge is -2.28. The van der Waals surface area contributed by atoms with Crippen molar-refractivity contribution in [3.63, 3.8) is 0 Å². The molecule has 1 N–H and O–H groups in total. The lowest BCUT2D eigenvalue weighted by Crippen LogP contribution is -2.47. The molecule has 0 radical (unpaired) electrons. The molecule has 0 aliphatic rings. The Morgan fingerprint density at radius 2 is 2.00 bits per heavy atom. The molecule has 0 saturated carbocycles. The number of benzene rings is 1. The van der Waals surface area contributed by atoms with E-state index in [1.165, 1.54) is 7.11 Å². The Labute approximate surface area is 122 Å². The van der Waals surface area contributed by atoms with Crippen LogP contribution < -0.4 is 10.2 Å². The average molecular weight is 278 g/mol. The summed E-state index contributed by atoms with van der Waals surface area (Å²) in [7, 11) is 1.44. The van der Waals surface area contributed by atoms with Crippen LogP contribution in [0.2, 0.25) is 0 Å². The second kappa shape index (κ2) is 9.37. The Morgan fingerprint density at radius 3 is 2.55 bits per heavy atom. The number of likely N-dealkylation sites (N-methyl/N-ethyl adjacent to an activating group) is 1. The molecule has 4 nitrogen and oxygen atoms in total. The van der Waals surface area contributed by atoms with Crippen molar-refractivity contribution in [1.82, 2.24) is 5.32 Å². The summed E-state index contributed by atoms with van der Waals surface area (Å²) >= 11 is 0. The number of para-hydroxylation sites is 1. The molecular formula is C16H26N2O2. The Balaban J connectivity index is 2.79. The number of carbonyl (C=O) groups excluding carboxylic acids is 1. The van der Waals surface area contributed by atoms with Crippen molar-refractivity contribution in [2.75, 3.05) is 31.6 Å². The normalized spacial score (nSPS) is 11.9. The third-order valence-corrected chi connectivity index (χ3v) is 3.24. The van der Waals surface area contributed by atoms with Crippen LogP contribution in [-0.4, -0.2) is 38.8 Å². The molecule has 0 fully saturated rings. The van der Waals surface area contributed by atoms with Gasteiger partial charge in [-0.15, -0.1) is 0 Å². The molecule has 20 heavy (non-hydrogen) atoms. The SMILES string of the molecule is CCCCN(CC(NCC)C(=O)OC)c1ccccc1. The molecule has 0 bridgehead atoms. The Bertz CT molecular complexity index is 381. The molecule has 0 saturated heterocycles. The number of anilines is 1. The summed E-state index contributed by atoms with van der Waals surface area (Å²) in [5, 5.41) is 3.19. The number of unbranched alkanes of at least 4 members (excludes halogenated alkanes) is 1. The molecule has 1 unspecified atom stereocenters. The molecule has 1 atom stereocenters. The minimum atomic E-state index is -0.290. The van der Waals surface area contributed by atoms with Gasteiger partial charge in [0.2, 0.25) is 0 Å². The van der Waals surface area contributed by atoms with Crippen LogP contribution >= 0.6 is 0 Å². The van der Waals surface area contributed by atoms with Crippen molar-refractivity contribution in [1.29, 1.82) is 0 Å². The van der Waals surface area contributed by atoms with Crippen molar-refractivity contribution >= 4 is 11.7 Å². The van der Waals surface area contributed by atoms with E-state index in [9.17, 15) is 4.79 Å². The van der Waals surface area contributed by atoms with Gasteiger partial charge in [0.1, 0.15) is 6.04 Å². The maximum atomic E-state index is 11.8. The average Bonchev–Trinajstić information content (AvgIpc) is 2.50. The number of carbonyl (C=O) groups is 1. The third-order valence-electron chi connectivity index (χ3n) is 3.24. The molecule has 0 amide bonds. The molecule has 1 rings (SSSR count). The zero-order valence-corrected chi connectivity index (χ0v) is 12.8. The number of nitrogens with one attached hydrogen (secondary N) is 1. The van der Waals surface area contributed by atoms with Crippen LogP contribution in [0.1, 0.15) is 26.7 Å². The van der Waals surface area contributed by atoms with Gasteiger partial charge in [-0.25, -0.2) is 0 Å². The highest BCUT2D eigenvalue weighted by molar-refractivity contribution is 5.76. The van der Waals surface area contributed by atoms with Crippen LogP contribution in [0, 0.1) is 0 Å². The summed E-state index contributed by atoms with van der Waals surface area (Å²) in [6.07, 6.45) is 2.24. The van der Waals surface area contributed by atoms with Gasteiger partial charge in [-0.3, -0.25) is 4.79 Å².